The number of hydrogen-bond donors (Lipinski definition) is 1. The zero-order valence-electron chi connectivity index (χ0n) is 17.7. The Morgan fingerprint density at radius 1 is 1.06 bits per heavy atom. The Morgan fingerprint density at radius 2 is 1.81 bits per heavy atom. The van der Waals surface area contributed by atoms with Crippen LogP contribution < -0.4 is 15.0 Å². The van der Waals surface area contributed by atoms with Gasteiger partial charge in [0.15, 0.2) is 11.6 Å². The van der Waals surface area contributed by atoms with E-state index in [0.717, 1.165) is 22.4 Å². The summed E-state index contributed by atoms with van der Waals surface area (Å²) < 4.78 is 5.96. The largest absolute Gasteiger partial charge is 0.472 e. The molecule has 0 aliphatic carbocycles. The molecule has 1 aliphatic rings. The van der Waals surface area contributed by atoms with E-state index in [-0.39, 0.29) is 11.8 Å². The Bertz CT molecular complexity index is 1080. The molecule has 0 bridgehead atoms. The fourth-order valence-electron chi connectivity index (χ4n) is 3.82. The topological polar surface area (TPSA) is 71.5 Å². The summed E-state index contributed by atoms with van der Waals surface area (Å²) in [4.78, 5) is 31.6. The molecule has 0 spiro atoms. The molecule has 1 aromatic heterocycles. The van der Waals surface area contributed by atoms with Gasteiger partial charge in [0.05, 0.1) is 0 Å². The highest BCUT2D eigenvalue weighted by molar-refractivity contribution is 5.99. The Morgan fingerprint density at radius 3 is 2.55 bits per heavy atom. The molecule has 2 aromatic carbocycles. The molecule has 0 unspecified atom stereocenters. The first kappa shape index (κ1) is 20.6. The molecular formula is C25H25N3O3. The van der Waals surface area contributed by atoms with Gasteiger partial charge < -0.3 is 10.1 Å². The first-order valence-electron chi connectivity index (χ1n) is 10.4. The van der Waals surface area contributed by atoms with E-state index in [1.807, 2.05) is 62.4 Å². The van der Waals surface area contributed by atoms with E-state index in [0.29, 0.717) is 31.0 Å². The van der Waals surface area contributed by atoms with Crippen LogP contribution in [0, 0.1) is 13.8 Å². The van der Waals surface area contributed by atoms with Crippen LogP contribution in [0.25, 0.3) is 0 Å². The van der Waals surface area contributed by atoms with Gasteiger partial charge in [-0.1, -0.05) is 36.4 Å². The maximum atomic E-state index is 13.2. The molecular weight excluding hydrogens is 390 g/mol. The Labute approximate surface area is 181 Å². The summed E-state index contributed by atoms with van der Waals surface area (Å²) in [5.74, 6) is 0.809. The van der Waals surface area contributed by atoms with Crippen LogP contribution in [0.4, 0.5) is 11.5 Å². The van der Waals surface area contributed by atoms with Crippen LogP contribution in [0.1, 0.15) is 35.6 Å². The third-order valence-corrected chi connectivity index (χ3v) is 5.14. The third kappa shape index (κ3) is 4.74. The average Bonchev–Trinajstić information content (AvgIpc) is 2.75. The number of nitrogens with one attached hydrogen (secondary N) is 1. The standard InChI is InChI=1S/C25H25N3O3/c1-17-14-18(2)16-20(15-17)27-22(29)11-7-13-28-24-21(10-6-12-26-24)31-23(25(28)30)19-8-4-3-5-9-19/h3-6,8-10,12,14-16,23H,7,11,13H2,1-2H3,(H,27,29)/t23-/m0/s1. The first-order chi connectivity index (χ1) is 15.0. The van der Waals surface area contributed by atoms with E-state index < -0.39 is 6.10 Å². The van der Waals surface area contributed by atoms with Crippen LogP contribution in [-0.2, 0) is 9.59 Å². The summed E-state index contributed by atoms with van der Waals surface area (Å²) in [6, 6.07) is 19.0. The van der Waals surface area contributed by atoms with E-state index in [1.54, 1.807) is 17.2 Å². The number of amides is 2. The van der Waals surface area contributed by atoms with E-state index in [9.17, 15) is 9.59 Å². The number of fused-ring (bicyclic) bond motifs is 1. The molecule has 4 rings (SSSR count). The molecule has 1 atom stereocenters. The van der Waals surface area contributed by atoms with Gasteiger partial charge in [-0.15, -0.1) is 0 Å². The minimum absolute atomic E-state index is 0.0773. The van der Waals surface area contributed by atoms with Crippen LogP contribution in [0.15, 0.2) is 66.9 Å². The fourth-order valence-corrected chi connectivity index (χ4v) is 3.82. The minimum atomic E-state index is -0.720. The fraction of sp³-hybridized carbons (Fsp3) is 0.240. The van der Waals surface area contributed by atoms with Crippen LogP contribution in [-0.4, -0.2) is 23.3 Å². The summed E-state index contributed by atoms with van der Waals surface area (Å²) >= 11 is 0. The number of aryl methyl sites for hydroxylation is 2. The van der Waals surface area contributed by atoms with Crippen molar-refractivity contribution in [2.75, 3.05) is 16.8 Å². The normalized spacial score (nSPS) is 15.2. The molecule has 0 saturated heterocycles. The maximum Gasteiger partial charge on any atom is 0.274 e. The quantitative estimate of drug-likeness (QED) is 0.639. The SMILES string of the molecule is Cc1cc(C)cc(NC(=O)CCCN2C(=O)[C@H](c3ccccc3)Oc3cccnc32)c1. The van der Waals surface area contributed by atoms with Crippen molar-refractivity contribution in [1.29, 1.82) is 0 Å². The van der Waals surface area contributed by atoms with Crippen LogP contribution in [0.3, 0.4) is 0 Å². The van der Waals surface area contributed by atoms with E-state index >= 15 is 0 Å². The number of carbonyl (C=O) groups excluding carboxylic acids is 2. The van der Waals surface area contributed by atoms with Crippen molar-refractivity contribution in [3.8, 4) is 5.75 Å². The van der Waals surface area contributed by atoms with Gasteiger partial charge >= 0.3 is 0 Å². The summed E-state index contributed by atoms with van der Waals surface area (Å²) in [5.41, 5.74) is 3.79. The van der Waals surface area contributed by atoms with Crippen molar-refractivity contribution in [3.63, 3.8) is 0 Å². The Kier molecular flexibility index (Phi) is 5.98. The van der Waals surface area contributed by atoms with Gasteiger partial charge in [-0.2, -0.15) is 0 Å². The summed E-state index contributed by atoms with van der Waals surface area (Å²) in [7, 11) is 0. The summed E-state index contributed by atoms with van der Waals surface area (Å²) in [6.07, 6.45) is 1.73. The van der Waals surface area contributed by atoms with Crippen molar-refractivity contribution in [1.82, 2.24) is 4.98 Å². The molecule has 0 radical (unpaired) electrons. The molecule has 158 valence electrons. The number of benzene rings is 2. The molecule has 2 heterocycles. The lowest BCUT2D eigenvalue weighted by Crippen LogP contribution is -2.42. The van der Waals surface area contributed by atoms with Crippen LogP contribution in [0.2, 0.25) is 0 Å². The van der Waals surface area contributed by atoms with E-state index in [1.165, 1.54) is 0 Å². The number of anilines is 2. The number of ether oxygens (including phenoxy) is 1. The zero-order chi connectivity index (χ0) is 21.8. The van der Waals surface area contributed by atoms with Crippen molar-refractivity contribution >= 4 is 23.3 Å². The second-order valence-electron chi connectivity index (χ2n) is 7.75. The predicted molar refractivity (Wildman–Crippen MR) is 120 cm³/mol. The maximum absolute atomic E-state index is 13.2. The highest BCUT2D eigenvalue weighted by atomic mass is 16.5. The Balaban J connectivity index is 1.44. The lowest BCUT2D eigenvalue weighted by Gasteiger charge is -2.33. The Hall–Kier alpha value is -3.67. The number of pyridine rings is 1. The number of aromatic nitrogens is 1. The van der Waals surface area contributed by atoms with Gasteiger partial charge in [0.2, 0.25) is 12.0 Å². The van der Waals surface area contributed by atoms with Gasteiger partial charge in [0, 0.05) is 30.4 Å². The lowest BCUT2D eigenvalue weighted by molar-refractivity contribution is -0.127. The zero-order valence-corrected chi connectivity index (χ0v) is 17.7. The van der Waals surface area contributed by atoms with E-state index in [2.05, 4.69) is 16.4 Å². The molecule has 0 saturated carbocycles. The molecule has 3 aromatic rings. The highest BCUT2D eigenvalue weighted by Crippen LogP contribution is 2.37. The van der Waals surface area contributed by atoms with Gasteiger partial charge in [-0.25, -0.2) is 4.98 Å². The summed E-state index contributed by atoms with van der Waals surface area (Å²) in [6.45, 7) is 4.39. The monoisotopic (exact) mass is 415 g/mol. The molecule has 2 amide bonds. The smallest absolute Gasteiger partial charge is 0.274 e. The minimum Gasteiger partial charge on any atom is -0.472 e. The second-order valence-corrected chi connectivity index (χ2v) is 7.75. The third-order valence-electron chi connectivity index (χ3n) is 5.14. The molecule has 1 N–H and O–H groups in total. The van der Waals surface area contributed by atoms with Crippen molar-refractivity contribution in [2.24, 2.45) is 0 Å². The van der Waals surface area contributed by atoms with E-state index in [4.69, 9.17) is 4.74 Å². The van der Waals surface area contributed by atoms with Gasteiger partial charge in [-0.05, 0) is 55.7 Å². The van der Waals surface area contributed by atoms with Crippen molar-refractivity contribution in [3.05, 3.63) is 83.6 Å². The van der Waals surface area contributed by atoms with Gasteiger partial charge in [-0.3, -0.25) is 14.5 Å². The molecule has 6 heteroatoms. The highest BCUT2D eigenvalue weighted by Gasteiger charge is 2.36. The lowest BCUT2D eigenvalue weighted by atomic mass is 10.1. The first-order valence-corrected chi connectivity index (χ1v) is 10.4. The number of hydrogen-bond acceptors (Lipinski definition) is 4. The number of nitrogens with zero attached hydrogens (tertiary/aromatic N) is 2. The average molecular weight is 415 g/mol. The van der Waals surface area contributed by atoms with Gasteiger partial charge in [0.1, 0.15) is 0 Å². The molecule has 1 aliphatic heterocycles. The number of carbonyl (C=O) groups is 2. The molecule has 0 fully saturated rings. The second kappa shape index (κ2) is 9.00. The summed E-state index contributed by atoms with van der Waals surface area (Å²) in [5, 5.41) is 2.94. The molecule has 6 nitrogen and oxygen atoms in total. The van der Waals surface area contributed by atoms with Crippen LogP contribution in [0.5, 0.6) is 5.75 Å². The van der Waals surface area contributed by atoms with Crippen molar-refractivity contribution < 1.29 is 14.3 Å². The predicted octanol–water partition coefficient (Wildman–Crippen LogP) is 4.58. The molecule has 31 heavy (non-hydrogen) atoms. The van der Waals surface area contributed by atoms with Gasteiger partial charge in [0.25, 0.3) is 5.91 Å². The number of rotatable bonds is 6. The van der Waals surface area contributed by atoms with Crippen molar-refractivity contribution in [2.45, 2.75) is 32.8 Å². The van der Waals surface area contributed by atoms with Crippen LogP contribution >= 0.6 is 0 Å².